The van der Waals surface area contributed by atoms with Crippen molar-refractivity contribution in [1.82, 2.24) is 4.90 Å². The van der Waals surface area contributed by atoms with Gasteiger partial charge in [-0.05, 0) is 50.5 Å². The molecule has 28 heavy (non-hydrogen) atoms. The van der Waals surface area contributed by atoms with Gasteiger partial charge in [0, 0.05) is 19.2 Å². The minimum Gasteiger partial charge on any atom is -0.491 e. The molecule has 0 saturated carbocycles. The molecule has 0 aliphatic carbocycles. The van der Waals surface area contributed by atoms with Gasteiger partial charge in [-0.1, -0.05) is 24.4 Å². The fourth-order valence-electron chi connectivity index (χ4n) is 3.12. The van der Waals surface area contributed by atoms with Gasteiger partial charge >= 0.3 is 5.97 Å². The van der Waals surface area contributed by atoms with Gasteiger partial charge in [-0.3, -0.25) is 4.79 Å². The lowest BCUT2D eigenvalue weighted by atomic mass is 10.2. The largest absolute Gasteiger partial charge is 0.491 e. The van der Waals surface area contributed by atoms with Crippen molar-refractivity contribution in [3.63, 3.8) is 0 Å². The summed E-state index contributed by atoms with van der Waals surface area (Å²) < 4.78 is 16.0. The summed E-state index contributed by atoms with van der Waals surface area (Å²) in [6, 6.07) is 3.39. The van der Waals surface area contributed by atoms with E-state index in [0.29, 0.717) is 28.7 Å². The van der Waals surface area contributed by atoms with E-state index < -0.39 is 12.1 Å². The number of hydrogen-bond acceptors (Lipinski definition) is 5. The number of amides is 1. The average molecular weight is 410 g/mol. The van der Waals surface area contributed by atoms with Crippen LogP contribution in [-0.2, 0) is 14.3 Å². The number of rotatable bonds is 7. The number of halogens is 1. The molecule has 0 unspecified atom stereocenters. The summed E-state index contributed by atoms with van der Waals surface area (Å²) in [6.07, 6.45) is 6.29. The zero-order chi connectivity index (χ0) is 20.5. The Kier molecular flexibility index (Phi) is 8.64. The second kappa shape index (κ2) is 11.0. The summed E-state index contributed by atoms with van der Waals surface area (Å²) in [5, 5.41) is 0.381. The topological polar surface area (TPSA) is 65.1 Å². The summed E-state index contributed by atoms with van der Waals surface area (Å²) >= 11 is 6.21. The molecule has 1 aliphatic rings. The molecule has 154 valence electrons. The zero-order valence-electron chi connectivity index (χ0n) is 16.7. The highest BCUT2D eigenvalue weighted by atomic mass is 35.5. The van der Waals surface area contributed by atoms with Crippen LogP contribution in [0, 0.1) is 0 Å². The van der Waals surface area contributed by atoms with Crippen LogP contribution >= 0.6 is 11.6 Å². The molecule has 1 aromatic rings. The van der Waals surface area contributed by atoms with Gasteiger partial charge in [-0.15, -0.1) is 0 Å². The van der Waals surface area contributed by atoms with Gasteiger partial charge in [-0.25, -0.2) is 4.79 Å². The Labute approximate surface area is 171 Å². The third kappa shape index (κ3) is 6.16. The molecule has 0 bridgehead atoms. The molecule has 0 N–H and O–H groups in total. The maximum absolute atomic E-state index is 12.5. The Morgan fingerprint density at radius 1 is 1.21 bits per heavy atom. The number of ether oxygens (including phenoxy) is 3. The minimum absolute atomic E-state index is 0.144. The van der Waals surface area contributed by atoms with Crippen molar-refractivity contribution in [3.05, 3.63) is 28.8 Å². The normalized spacial score (nSPS) is 15.8. The standard InChI is InChI=1S/C21H28ClNO5/c1-4-27-18-14-16(13-17(22)20(18)26-3)9-10-19(24)28-15(2)21(25)23-11-7-5-6-8-12-23/h9-10,13-15H,4-8,11-12H2,1-3H3/b10-9+/t15-/m0/s1. The van der Waals surface area contributed by atoms with Gasteiger partial charge in [0.2, 0.25) is 0 Å². The Morgan fingerprint density at radius 2 is 1.89 bits per heavy atom. The summed E-state index contributed by atoms with van der Waals surface area (Å²) in [7, 11) is 1.51. The van der Waals surface area contributed by atoms with Crippen LogP contribution in [0.5, 0.6) is 11.5 Å². The Balaban J connectivity index is 1.99. The third-order valence-corrected chi connectivity index (χ3v) is 4.79. The molecule has 1 atom stereocenters. The van der Waals surface area contributed by atoms with Gasteiger partial charge in [0.15, 0.2) is 17.6 Å². The molecule has 1 heterocycles. The van der Waals surface area contributed by atoms with Crippen molar-refractivity contribution in [2.75, 3.05) is 26.8 Å². The van der Waals surface area contributed by atoms with Crippen LogP contribution in [0.3, 0.4) is 0 Å². The number of esters is 1. The van der Waals surface area contributed by atoms with Crippen LogP contribution in [0.15, 0.2) is 18.2 Å². The molecular weight excluding hydrogens is 382 g/mol. The molecule has 1 saturated heterocycles. The summed E-state index contributed by atoms with van der Waals surface area (Å²) in [6.45, 7) is 5.37. The van der Waals surface area contributed by atoms with Crippen LogP contribution in [0.1, 0.15) is 45.1 Å². The summed E-state index contributed by atoms with van der Waals surface area (Å²) in [5.41, 5.74) is 0.665. The van der Waals surface area contributed by atoms with E-state index in [2.05, 4.69) is 0 Å². The monoisotopic (exact) mass is 409 g/mol. The molecule has 2 rings (SSSR count). The SMILES string of the molecule is CCOc1cc(/C=C/C(=O)O[C@@H](C)C(=O)N2CCCCCC2)cc(Cl)c1OC. The Bertz CT molecular complexity index is 711. The van der Waals surface area contributed by atoms with Crippen LogP contribution in [0.4, 0.5) is 0 Å². The Morgan fingerprint density at radius 3 is 2.50 bits per heavy atom. The zero-order valence-corrected chi connectivity index (χ0v) is 17.5. The van der Waals surface area contributed by atoms with E-state index in [9.17, 15) is 9.59 Å². The van der Waals surface area contributed by atoms with Crippen molar-refractivity contribution in [3.8, 4) is 11.5 Å². The number of hydrogen-bond donors (Lipinski definition) is 0. The molecule has 0 radical (unpaired) electrons. The predicted octanol–water partition coefficient (Wildman–Crippen LogP) is 4.09. The van der Waals surface area contributed by atoms with E-state index in [1.807, 2.05) is 6.92 Å². The highest BCUT2D eigenvalue weighted by molar-refractivity contribution is 6.32. The molecule has 0 aromatic heterocycles. The van der Waals surface area contributed by atoms with Crippen LogP contribution in [0.2, 0.25) is 5.02 Å². The van der Waals surface area contributed by atoms with Crippen molar-refractivity contribution in [1.29, 1.82) is 0 Å². The molecular formula is C21H28ClNO5. The number of likely N-dealkylation sites (tertiary alicyclic amines) is 1. The number of nitrogens with zero attached hydrogens (tertiary/aromatic N) is 1. The van der Waals surface area contributed by atoms with E-state index in [1.165, 1.54) is 13.2 Å². The van der Waals surface area contributed by atoms with Crippen molar-refractivity contribution >= 4 is 29.6 Å². The van der Waals surface area contributed by atoms with Crippen LogP contribution < -0.4 is 9.47 Å². The lowest BCUT2D eigenvalue weighted by Crippen LogP contribution is -2.40. The number of carbonyl (C=O) groups is 2. The smallest absolute Gasteiger partial charge is 0.331 e. The molecule has 1 amide bonds. The minimum atomic E-state index is -0.811. The van der Waals surface area contributed by atoms with Crippen LogP contribution in [0.25, 0.3) is 6.08 Å². The van der Waals surface area contributed by atoms with Gasteiger partial charge in [0.25, 0.3) is 5.91 Å². The quantitative estimate of drug-likeness (QED) is 0.501. The first-order chi connectivity index (χ1) is 13.5. The number of benzene rings is 1. The third-order valence-electron chi connectivity index (χ3n) is 4.51. The first-order valence-electron chi connectivity index (χ1n) is 9.64. The molecule has 6 nitrogen and oxygen atoms in total. The van der Waals surface area contributed by atoms with E-state index >= 15 is 0 Å². The van der Waals surface area contributed by atoms with Gasteiger partial charge in [0.05, 0.1) is 18.7 Å². The maximum Gasteiger partial charge on any atom is 0.331 e. The van der Waals surface area contributed by atoms with Crippen LogP contribution in [-0.4, -0.2) is 49.7 Å². The van der Waals surface area contributed by atoms with Gasteiger partial charge < -0.3 is 19.1 Å². The lowest BCUT2D eigenvalue weighted by molar-refractivity contribution is -0.155. The molecule has 1 aliphatic heterocycles. The van der Waals surface area contributed by atoms with Gasteiger partial charge in [-0.2, -0.15) is 0 Å². The summed E-state index contributed by atoms with van der Waals surface area (Å²) in [4.78, 5) is 26.4. The van der Waals surface area contributed by atoms with E-state index in [0.717, 1.165) is 38.8 Å². The highest BCUT2D eigenvalue weighted by Gasteiger charge is 2.23. The maximum atomic E-state index is 12.5. The first kappa shape index (κ1) is 22.1. The molecule has 1 fully saturated rings. The molecule has 7 heteroatoms. The molecule has 0 spiro atoms. The van der Waals surface area contributed by atoms with E-state index in [-0.39, 0.29) is 5.91 Å². The van der Waals surface area contributed by atoms with Crippen molar-refractivity contribution in [2.24, 2.45) is 0 Å². The second-order valence-corrected chi connectivity index (χ2v) is 7.03. The predicted molar refractivity (Wildman–Crippen MR) is 109 cm³/mol. The van der Waals surface area contributed by atoms with Gasteiger partial charge in [0.1, 0.15) is 0 Å². The lowest BCUT2D eigenvalue weighted by Gasteiger charge is -2.23. The highest BCUT2D eigenvalue weighted by Crippen LogP contribution is 2.36. The van der Waals surface area contributed by atoms with Crippen molar-refractivity contribution in [2.45, 2.75) is 45.6 Å². The fraction of sp³-hybridized carbons (Fsp3) is 0.524. The fourth-order valence-corrected chi connectivity index (χ4v) is 3.42. The van der Waals surface area contributed by atoms with E-state index in [4.69, 9.17) is 25.8 Å². The van der Waals surface area contributed by atoms with Crippen molar-refractivity contribution < 1.29 is 23.8 Å². The summed E-state index contributed by atoms with van der Waals surface area (Å²) in [5.74, 6) is 0.213. The first-order valence-corrected chi connectivity index (χ1v) is 10.0. The van der Waals surface area contributed by atoms with E-state index in [1.54, 1.807) is 30.0 Å². The second-order valence-electron chi connectivity index (χ2n) is 6.62. The number of methoxy groups -OCH3 is 1. The Hall–Kier alpha value is -2.21. The average Bonchev–Trinajstić information content (AvgIpc) is 2.95. The number of carbonyl (C=O) groups excluding carboxylic acids is 2. The molecule has 1 aromatic carbocycles.